The first-order chi connectivity index (χ1) is 15.7. The van der Waals surface area contributed by atoms with Crippen LogP contribution in [-0.2, 0) is 0 Å². The highest BCUT2D eigenvalue weighted by atomic mass is 79.9. The molecule has 0 saturated heterocycles. The highest BCUT2D eigenvalue weighted by Gasteiger charge is 2.34. The Kier molecular flexibility index (Phi) is 8.15. The average molecular weight is 521 g/mol. The van der Waals surface area contributed by atoms with E-state index in [2.05, 4.69) is 26.2 Å². The van der Waals surface area contributed by atoms with Gasteiger partial charge in [0.1, 0.15) is 17.4 Å². The number of carbonyl (C=O) groups excluding carboxylic acids is 2. The third kappa shape index (κ3) is 5.75. The van der Waals surface area contributed by atoms with Gasteiger partial charge in [0.2, 0.25) is 5.88 Å². The first-order valence-electron chi connectivity index (χ1n) is 10.6. The van der Waals surface area contributed by atoms with Gasteiger partial charge in [0, 0.05) is 30.2 Å². The van der Waals surface area contributed by atoms with Crippen LogP contribution in [0.3, 0.4) is 0 Å². The number of methoxy groups -OCH3 is 1. The SMILES string of the molecule is COc1ccccc1NC(=O)N(C)C[C@@H]1Oc2ncc(Br)cc2C(=O)N([C@H](C)CO)C[C@@H]1C. The van der Waals surface area contributed by atoms with E-state index in [1.807, 2.05) is 19.1 Å². The van der Waals surface area contributed by atoms with Crippen molar-refractivity contribution in [3.8, 4) is 11.6 Å². The van der Waals surface area contributed by atoms with Crippen LogP contribution in [0.4, 0.5) is 10.5 Å². The first-order valence-corrected chi connectivity index (χ1v) is 11.4. The number of benzene rings is 1. The fourth-order valence-electron chi connectivity index (χ4n) is 3.61. The van der Waals surface area contributed by atoms with Gasteiger partial charge in [-0.15, -0.1) is 0 Å². The van der Waals surface area contributed by atoms with Gasteiger partial charge < -0.3 is 29.7 Å². The van der Waals surface area contributed by atoms with E-state index in [1.165, 1.54) is 4.90 Å². The number of aromatic nitrogens is 1. The number of anilines is 1. The van der Waals surface area contributed by atoms with Crippen LogP contribution in [0, 0.1) is 5.92 Å². The maximum Gasteiger partial charge on any atom is 0.321 e. The zero-order valence-corrected chi connectivity index (χ0v) is 20.7. The van der Waals surface area contributed by atoms with Crippen LogP contribution < -0.4 is 14.8 Å². The summed E-state index contributed by atoms with van der Waals surface area (Å²) >= 11 is 3.36. The number of amides is 3. The standard InChI is InChI=1S/C23H29BrN4O5/c1-14-11-28(15(2)13-29)22(30)17-9-16(24)10-25-21(17)33-20(14)12-27(3)23(31)26-18-7-5-6-8-19(18)32-4/h5-10,14-15,20,29H,11-13H2,1-4H3,(H,26,31)/t14-,15+,20-/m0/s1. The van der Waals surface area contributed by atoms with Crippen molar-refractivity contribution in [1.82, 2.24) is 14.8 Å². The van der Waals surface area contributed by atoms with Gasteiger partial charge >= 0.3 is 6.03 Å². The summed E-state index contributed by atoms with van der Waals surface area (Å²) in [5.74, 6) is 0.370. The topological polar surface area (TPSA) is 104 Å². The smallest absolute Gasteiger partial charge is 0.321 e. The summed E-state index contributed by atoms with van der Waals surface area (Å²) in [4.78, 5) is 33.5. The Labute approximate surface area is 201 Å². The van der Waals surface area contributed by atoms with Crippen LogP contribution in [0.5, 0.6) is 11.6 Å². The lowest BCUT2D eigenvalue weighted by atomic mass is 10.0. The lowest BCUT2D eigenvalue weighted by molar-refractivity contribution is 0.0356. The molecule has 1 aliphatic heterocycles. The minimum atomic E-state index is -0.438. The summed E-state index contributed by atoms with van der Waals surface area (Å²) in [6, 6.07) is 8.13. The van der Waals surface area contributed by atoms with E-state index >= 15 is 0 Å². The summed E-state index contributed by atoms with van der Waals surface area (Å²) in [7, 11) is 3.22. The molecule has 9 nitrogen and oxygen atoms in total. The van der Waals surface area contributed by atoms with Crippen molar-refractivity contribution in [1.29, 1.82) is 0 Å². The summed E-state index contributed by atoms with van der Waals surface area (Å²) in [6.45, 7) is 4.20. The summed E-state index contributed by atoms with van der Waals surface area (Å²) < 4.78 is 12.1. The van der Waals surface area contributed by atoms with Gasteiger partial charge in [-0.1, -0.05) is 19.1 Å². The van der Waals surface area contributed by atoms with Gasteiger partial charge in [0.15, 0.2) is 0 Å². The molecule has 0 radical (unpaired) electrons. The summed E-state index contributed by atoms with van der Waals surface area (Å²) in [6.07, 6.45) is 1.13. The zero-order valence-electron chi connectivity index (χ0n) is 19.1. The molecule has 3 atom stereocenters. The highest BCUT2D eigenvalue weighted by molar-refractivity contribution is 9.10. The number of aliphatic hydroxyl groups excluding tert-OH is 1. The van der Waals surface area contributed by atoms with Crippen LogP contribution >= 0.6 is 15.9 Å². The number of hydrogen-bond donors (Lipinski definition) is 2. The molecule has 10 heteroatoms. The number of likely N-dealkylation sites (N-methyl/N-ethyl adjacent to an activating group) is 1. The molecule has 2 aromatic rings. The fourth-order valence-corrected chi connectivity index (χ4v) is 3.94. The Morgan fingerprint density at radius 1 is 1.45 bits per heavy atom. The van der Waals surface area contributed by atoms with Crippen molar-refractivity contribution in [2.24, 2.45) is 5.92 Å². The van der Waals surface area contributed by atoms with Crippen molar-refractivity contribution < 1.29 is 24.2 Å². The molecule has 1 aromatic heterocycles. The van der Waals surface area contributed by atoms with Crippen LogP contribution in [-0.4, -0.2) is 77.8 Å². The third-order valence-corrected chi connectivity index (χ3v) is 6.07. The molecule has 33 heavy (non-hydrogen) atoms. The first kappa shape index (κ1) is 24.8. The molecule has 1 aromatic carbocycles. The molecule has 3 rings (SSSR count). The monoisotopic (exact) mass is 520 g/mol. The largest absolute Gasteiger partial charge is 0.495 e. The Hall–Kier alpha value is -2.85. The van der Waals surface area contributed by atoms with Gasteiger partial charge in [-0.05, 0) is 41.1 Å². The number of urea groups is 1. The normalized spacial score (nSPS) is 19.0. The quantitative estimate of drug-likeness (QED) is 0.605. The van der Waals surface area contributed by atoms with Crippen molar-refractivity contribution in [2.45, 2.75) is 26.0 Å². The van der Waals surface area contributed by atoms with Crippen molar-refractivity contribution in [3.63, 3.8) is 0 Å². The summed E-state index contributed by atoms with van der Waals surface area (Å²) in [5, 5.41) is 12.6. The number of fused-ring (bicyclic) bond motifs is 1. The van der Waals surface area contributed by atoms with Crippen LogP contribution in [0.1, 0.15) is 24.2 Å². The Morgan fingerprint density at radius 2 is 2.18 bits per heavy atom. The molecular weight excluding hydrogens is 492 g/mol. The second kappa shape index (κ2) is 10.8. The van der Waals surface area contributed by atoms with Crippen LogP contribution in [0.2, 0.25) is 0 Å². The Balaban J connectivity index is 1.83. The highest BCUT2D eigenvalue weighted by Crippen LogP contribution is 2.29. The van der Waals surface area contributed by atoms with E-state index in [4.69, 9.17) is 9.47 Å². The molecule has 178 valence electrons. The van der Waals surface area contributed by atoms with Gasteiger partial charge in [-0.3, -0.25) is 4.79 Å². The molecule has 2 heterocycles. The Bertz CT molecular complexity index is 1000. The lowest BCUT2D eigenvalue weighted by Crippen LogP contribution is -2.50. The molecule has 3 amide bonds. The molecule has 0 bridgehead atoms. The number of rotatable bonds is 6. The van der Waals surface area contributed by atoms with Crippen molar-refractivity contribution >= 4 is 33.6 Å². The van der Waals surface area contributed by atoms with E-state index in [-0.39, 0.29) is 42.9 Å². The predicted octanol–water partition coefficient (Wildman–Crippen LogP) is 3.24. The molecule has 1 aliphatic rings. The average Bonchev–Trinajstić information content (AvgIpc) is 2.81. The number of carbonyl (C=O) groups is 2. The maximum atomic E-state index is 13.2. The number of hydrogen-bond acceptors (Lipinski definition) is 6. The van der Waals surface area contributed by atoms with E-state index in [1.54, 1.807) is 50.4 Å². The van der Waals surface area contributed by atoms with Gasteiger partial charge in [0.25, 0.3) is 5.91 Å². The number of nitrogens with zero attached hydrogens (tertiary/aromatic N) is 3. The van der Waals surface area contributed by atoms with Crippen LogP contribution in [0.25, 0.3) is 0 Å². The lowest BCUT2D eigenvalue weighted by Gasteiger charge is -2.37. The van der Waals surface area contributed by atoms with Crippen LogP contribution in [0.15, 0.2) is 41.0 Å². The molecule has 2 N–H and O–H groups in total. The maximum absolute atomic E-state index is 13.2. The number of para-hydroxylation sites is 2. The van der Waals surface area contributed by atoms with E-state index < -0.39 is 6.10 Å². The second-order valence-electron chi connectivity index (χ2n) is 8.14. The number of nitrogens with one attached hydrogen (secondary N) is 1. The number of ether oxygens (including phenoxy) is 2. The molecule has 0 saturated carbocycles. The zero-order chi connectivity index (χ0) is 24.1. The fraction of sp³-hybridized carbons (Fsp3) is 0.435. The van der Waals surface area contributed by atoms with E-state index in [0.717, 1.165) is 0 Å². The summed E-state index contributed by atoms with van der Waals surface area (Å²) in [5.41, 5.74) is 0.872. The molecule has 0 fully saturated rings. The van der Waals surface area contributed by atoms with Crippen molar-refractivity contribution in [2.75, 3.05) is 39.2 Å². The van der Waals surface area contributed by atoms with Gasteiger partial charge in [-0.2, -0.15) is 0 Å². The minimum Gasteiger partial charge on any atom is -0.495 e. The molecular formula is C23H29BrN4O5. The third-order valence-electron chi connectivity index (χ3n) is 5.64. The second-order valence-corrected chi connectivity index (χ2v) is 9.06. The minimum absolute atomic E-state index is 0.136. The van der Waals surface area contributed by atoms with E-state index in [0.29, 0.717) is 28.0 Å². The van der Waals surface area contributed by atoms with Gasteiger partial charge in [-0.25, -0.2) is 9.78 Å². The van der Waals surface area contributed by atoms with E-state index in [9.17, 15) is 14.7 Å². The molecule has 0 unspecified atom stereocenters. The predicted molar refractivity (Wildman–Crippen MR) is 128 cm³/mol. The van der Waals surface area contributed by atoms with Crippen molar-refractivity contribution in [3.05, 3.63) is 46.6 Å². The molecule has 0 aliphatic carbocycles. The number of halogens is 1. The number of pyridine rings is 1. The number of aliphatic hydroxyl groups is 1. The van der Waals surface area contributed by atoms with Gasteiger partial charge in [0.05, 0.1) is 32.0 Å². The molecule has 0 spiro atoms. The Morgan fingerprint density at radius 3 is 2.88 bits per heavy atom.